The molecule has 0 aromatic heterocycles. The first-order valence-electron chi connectivity index (χ1n) is 29.3. The fourth-order valence-electron chi connectivity index (χ4n) is 4.27. The lowest BCUT2D eigenvalue weighted by molar-refractivity contribution is 0.0794. The Kier molecular flexibility index (Phi) is 80.2. The van der Waals surface area contributed by atoms with Crippen LogP contribution in [0.5, 0.6) is 0 Å². The van der Waals surface area contributed by atoms with E-state index in [0.29, 0.717) is 45.6 Å². The number of rotatable bonds is 23. The molecule has 0 rings (SSSR count). The van der Waals surface area contributed by atoms with Crippen LogP contribution in [0.2, 0.25) is 0 Å². The molecule has 0 unspecified atom stereocenters. The molecule has 11 heteroatoms. The maximum Gasteiger partial charge on any atom is 0.208 e. The van der Waals surface area contributed by atoms with Crippen molar-refractivity contribution in [2.24, 2.45) is 38.4 Å². The van der Waals surface area contributed by atoms with Crippen molar-refractivity contribution in [3.63, 3.8) is 0 Å². The van der Waals surface area contributed by atoms with Crippen molar-refractivity contribution in [1.29, 1.82) is 0 Å². The number of hydrogen-bond donors (Lipinski definition) is 1. The molecule has 0 spiro atoms. The molecule has 0 radical (unpaired) electrons. The Bertz CT molecular complexity index is 1040. The molecule has 74 heavy (non-hydrogen) atoms. The molecule has 0 heterocycles. The third kappa shape index (κ3) is 172. The summed E-state index contributed by atoms with van der Waals surface area (Å²) in [6.07, 6.45) is 11.9. The van der Waals surface area contributed by atoms with Crippen LogP contribution in [-0.2, 0) is 38.4 Å². The number of methoxy groups -OCH3 is 2. The third-order valence-electron chi connectivity index (χ3n) is 8.72. The Balaban J connectivity index is -0.0000000786. The van der Waals surface area contributed by atoms with Gasteiger partial charge in [-0.05, 0) is 145 Å². The van der Waals surface area contributed by atoms with Crippen LogP contribution in [0.3, 0.4) is 0 Å². The Morgan fingerprint density at radius 3 is 0.986 bits per heavy atom. The van der Waals surface area contributed by atoms with E-state index >= 15 is 0 Å². The summed E-state index contributed by atoms with van der Waals surface area (Å²) in [6.45, 7) is 74.3. The Morgan fingerprint density at radius 1 is 0.459 bits per heavy atom. The SMILES string of the molecule is CC.CC.CC(C)(C)CCNS(C)(=O)=O.CCCOC(C)C.CCCOCCC(C)(C)C.CCOCCC(C)(C)C.CCOCCC(C)(C)C.CN(C)CCC(C)(C)C.COCC(C)C.COCCCC(C)(C)C. The largest absolute Gasteiger partial charge is 0.385 e. The molecule has 0 aliphatic heterocycles. The minimum atomic E-state index is -3.00. The van der Waals surface area contributed by atoms with Gasteiger partial charge in [0, 0.05) is 80.2 Å². The predicted molar refractivity (Wildman–Crippen MR) is 337 cm³/mol. The smallest absolute Gasteiger partial charge is 0.208 e. The molecule has 0 fully saturated rings. The van der Waals surface area contributed by atoms with Gasteiger partial charge in [-0.3, -0.25) is 0 Å². The van der Waals surface area contributed by atoms with E-state index in [9.17, 15) is 8.42 Å². The van der Waals surface area contributed by atoms with E-state index in [1.807, 2.05) is 41.5 Å². The van der Waals surface area contributed by atoms with E-state index in [-0.39, 0.29) is 5.41 Å². The third-order valence-corrected chi connectivity index (χ3v) is 9.45. The van der Waals surface area contributed by atoms with E-state index in [1.165, 1.54) is 32.1 Å². The van der Waals surface area contributed by atoms with E-state index in [0.717, 1.165) is 98.0 Å². The van der Waals surface area contributed by atoms with Crippen LogP contribution in [0.4, 0.5) is 0 Å². The average molecular weight is 1090 g/mol. The zero-order chi connectivity index (χ0) is 61.3. The van der Waals surface area contributed by atoms with Crippen LogP contribution in [0, 0.1) is 38.4 Å². The van der Waals surface area contributed by atoms with Crippen molar-refractivity contribution in [1.82, 2.24) is 9.62 Å². The second kappa shape index (κ2) is 61.8. The Labute approximate surface area is 471 Å². The highest BCUT2D eigenvalue weighted by atomic mass is 32.2. The molecule has 464 valence electrons. The number of hydrogen-bond acceptors (Lipinski definition) is 9. The van der Waals surface area contributed by atoms with Gasteiger partial charge in [0.1, 0.15) is 0 Å². The standard InChI is InChI=1S/C9H20O.C8H19N.3C8H18O.C7H17NO2S.C6H14O.C5H12O.2C2H6/c1-5-7-10-8-6-9(2,3)4;1-8(2,3)6-7-9(4)5;1-8(2,3)6-5-7-9-4;2*1-5-9-7-6-8(2,3)4;1-7(2,3)5-6-8-11(4,9)10;1-4-5-7-6(2)3;1-5(2)4-6-3;2*1-2/h5-8H2,1-4H3;6-7H2,1-5H3;3*5-7H2,1-4H3;8H,5-6H2,1-4H3;6H,4-5H2,1-3H3;5H,4H2,1-3H3;2*1-2H3. The summed E-state index contributed by atoms with van der Waals surface area (Å²) in [5, 5.41) is 0. The van der Waals surface area contributed by atoms with E-state index in [2.05, 4.69) is 190 Å². The average Bonchev–Trinajstić information content (AvgIpc) is 3.21. The first-order chi connectivity index (χ1) is 33.4. The van der Waals surface area contributed by atoms with Gasteiger partial charge in [-0.2, -0.15) is 0 Å². The van der Waals surface area contributed by atoms with Crippen molar-refractivity contribution in [2.75, 3.05) is 107 Å². The summed E-state index contributed by atoms with van der Waals surface area (Å²) in [5.41, 5.74) is 2.43. The van der Waals surface area contributed by atoms with E-state index in [1.54, 1.807) is 14.2 Å². The maximum atomic E-state index is 10.6. The molecule has 0 bridgehead atoms. The van der Waals surface area contributed by atoms with Crippen molar-refractivity contribution in [3.8, 4) is 0 Å². The summed E-state index contributed by atoms with van der Waals surface area (Å²) in [6, 6.07) is 0. The number of nitrogens with zero attached hydrogens (tertiary/aromatic N) is 1. The minimum absolute atomic E-state index is 0.192. The maximum absolute atomic E-state index is 10.6. The van der Waals surface area contributed by atoms with Gasteiger partial charge in [-0.15, -0.1) is 0 Å². The Hall–Kier alpha value is -0.370. The van der Waals surface area contributed by atoms with Gasteiger partial charge in [-0.1, -0.05) is 180 Å². The van der Waals surface area contributed by atoms with Crippen LogP contribution in [0.15, 0.2) is 0 Å². The van der Waals surface area contributed by atoms with Gasteiger partial charge in [0.05, 0.1) is 12.4 Å². The summed E-state index contributed by atoms with van der Waals surface area (Å²) >= 11 is 0. The van der Waals surface area contributed by atoms with Gasteiger partial charge in [-0.25, -0.2) is 13.1 Å². The molecule has 0 aromatic carbocycles. The lowest BCUT2D eigenvalue weighted by Gasteiger charge is -2.20. The number of ether oxygens (including phenoxy) is 6. The molecular weight excluding hydrogens is 945 g/mol. The van der Waals surface area contributed by atoms with Gasteiger partial charge >= 0.3 is 0 Å². The zero-order valence-corrected chi connectivity index (χ0v) is 58.7. The van der Waals surface area contributed by atoms with Crippen molar-refractivity contribution in [3.05, 3.63) is 0 Å². The highest BCUT2D eigenvalue weighted by Gasteiger charge is 2.12. The summed E-state index contributed by atoms with van der Waals surface area (Å²) < 4.78 is 54.4. The lowest BCUT2D eigenvalue weighted by Crippen LogP contribution is -2.26. The zero-order valence-electron chi connectivity index (χ0n) is 57.9. The predicted octanol–water partition coefficient (Wildman–Crippen LogP) is 18.3. The van der Waals surface area contributed by atoms with Gasteiger partial charge in [0.25, 0.3) is 0 Å². The van der Waals surface area contributed by atoms with Crippen LogP contribution in [-0.4, -0.2) is 127 Å². The summed E-state index contributed by atoms with van der Waals surface area (Å²) in [5.74, 6) is 0.676. The molecule has 0 saturated carbocycles. The molecule has 0 aromatic rings. The fraction of sp³-hybridized carbons (Fsp3) is 1.00. The normalized spacial score (nSPS) is 11.5. The van der Waals surface area contributed by atoms with Crippen molar-refractivity contribution >= 4 is 10.0 Å². The van der Waals surface area contributed by atoms with Crippen LogP contribution >= 0.6 is 0 Å². The first-order valence-corrected chi connectivity index (χ1v) is 31.2. The second-order valence-electron chi connectivity index (χ2n) is 26.5. The number of nitrogens with one attached hydrogen (secondary N) is 1. The lowest BCUT2D eigenvalue weighted by atomic mass is 9.91. The molecule has 0 amide bonds. The quantitative estimate of drug-likeness (QED) is 0.100. The first kappa shape index (κ1) is 95.9. The summed E-state index contributed by atoms with van der Waals surface area (Å²) in [4.78, 5) is 2.23. The molecule has 0 aliphatic carbocycles. The van der Waals surface area contributed by atoms with Gasteiger partial charge in [0.15, 0.2) is 0 Å². The molecular formula is C63H148N2O8S. The van der Waals surface area contributed by atoms with E-state index < -0.39 is 10.0 Å². The molecule has 1 N–H and O–H groups in total. The summed E-state index contributed by atoms with van der Waals surface area (Å²) in [7, 11) is 4.71. The van der Waals surface area contributed by atoms with Gasteiger partial charge in [0.2, 0.25) is 10.0 Å². The Morgan fingerprint density at radius 2 is 0.797 bits per heavy atom. The second-order valence-corrected chi connectivity index (χ2v) is 28.3. The van der Waals surface area contributed by atoms with Crippen LogP contribution in [0.25, 0.3) is 0 Å². The van der Waals surface area contributed by atoms with Crippen molar-refractivity contribution in [2.45, 2.75) is 272 Å². The number of sulfonamides is 1. The topological polar surface area (TPSA) is 105 Å². The fourth-order valence-corrected chi connectivity index (χ4v) is 4.75. The highest BCUT2D eigenvalue weighted by Crippen LogP contribution is 2.21. The van der Waals surface area contributed by atoms with Crippen LogP contribution in [0.1, 0.15) is 265 Å². The molecule has 10 nitrogen and oxygen atoms in total. The molecule has 0 atom stereocenters. The minimum Gasteiger partial charge on any atom is -0.385 e. The monoisotopic (exact) mass is 1090 g/mol. The van der Waals surface area contributed by atoms with E-state index in [4.69, 9.17) is 28.4 Å². The van der Waals surface area contributed by atoms with Gasteiger partial charge < -0.3 is 33.3 Å². The van der Waals surface area contributed by atoms with Crippen molar-refractivity contribution < 1.29 is 36.8 Å². The van der Waals surface area contributed by atoms with Crippen LogP contribution < -0.4 is 4.72 Å². The highest BCUT2D eigenvalue weighted by molar-refractivity contribution is 7.88. The molecule has 0 aliphatic rings. The molecule has 0 saturated heterocycles.